The van der Waals surface area contributed by atoms with E-state index in [4.69, 9.17) is 4.74 Å². The Bertz CT molecular complexity index is 702. The number of nitrogens with zero attached hydrogens (tertiary/aromatic N) is 4. The number of methoxy groups -OCH3 is 1. The van der Waals surface area contributed by atoms with Crippen molar-refractivity contribution in [2.45, 2.75) is 0 Å². The molecule has 0 aliphatic rings. The first kappa shape index (κ1) is 11.3. The maximum Gasteiger partial charge on any atom is 0.232 e. The van der Waals surface area contributed by atoms with Crippen molar-refractivity contribution in [2.75, 3.05) is 12.4 Å². The van der Waals surface area contributed by atoms with Gasteiger partial charge in [0, 0.05) is 5.69 Å². The van der Waals surface area contributed by atoms with Gasteiger partial charge < -0.3 is 10.1 Å². The van der Waals surface area contributed by atoms with Crippen LogP contribution in [0, 0.1) is 0 Å². The molecular weight excluding hydrogens is 242 g/mol. The lowest BCUT2D eigenvalue weighted by Crippen LogP contribution is -1.99. The molecule has 3 rings (SSSR count). The van der Waals surface area contributed by atoms with Gasteiger partial charge in [0.05, 0.1) is 13.3 Å². The first-order valence-electron chi connectivity index (χ1n) is 5.70. The lowest BCUT2D eigenvalue weighted by Gasteiger charge is -2.07. The fourth-order valence-electron chi connectivity index (χ4n) is 1.67. The van der Waals surface area contributed by atoms with E-state index in [0.29, 0.717) is 22.9 Å². The molecular formula is C13H11N5O. The van der Waals surface area contributed by atoms with Crippen LogP contribution in [0.3, 0.4) is 0 Å². The van der Waals surface area contributed by atoms with Gasteiger partial charge >= 0.3 is 0 Å². The predicted molar refractivity (Wildman–Crippen MR) is 71.4 cm³/mol. The molecule has 2 aromatic heterocycles. The molecule has 19 heavy (non-hydrogen) atoms. The van der Waals surface area contributed by atoms with Crippen molar-refractivity contribution in [3.8, 4) is 5.88 Å². The fourth-order valence-corrected chi connectivity index (χ4v) is 1.67. The van der Waals surface area contributed by atoms with E-state index in [-0.39, 0.29) is 0 Å². The first-order valence-corrected chi connectivity index (χ1v) is 5.70. The molecule has 0 aliphatic carbocycles. The van der Waals surface area contributed by atoms with Gasteiger partial charge in [-0.15, -0.1) is 0 Å². The van der Waals surface area contributed by atoms with Crippen LogP contribution in [0.1, 0.15) is 0 Å². The summed E-state index contributed by atoms with van der Waals surface area (Å²) < 4.78 is 5.07. The van der Waals surface area contributed by atoms with Gasteiger partial charge in [-0.05, 0) is 12.1 Å². The molecule has 0 amide bonds. The van der Waals surface area contributed by atoms with Crippen LogP contribution in [0.25, 0.3) is 11.2 Å². The van der Waals surface area contributed by atoms with Crippen LogP contribution in [0.5, 0.6) is 5.88 Å². The number of aromatic nitrogens is 4. The van der Waals surface area contributed by atoms with Gasteiger partial charge in [0.1, 0.15) is 6.33 Å². The minimum absolute atomic E-state index is 0.429. The third-order valence-electron chi connectivity index (χ3n) is 2.57. The van der Waals surface area contributed by atoms with E-state index in [1.54, 1.807) is 7.11 Å². The predicted octanol–water partition coefficient (Wildman–Crippen LogP) is 2.17. The van der Waals surface area contributed by atoms with Crippen LogP contribution < -0.4 is 10.1 Å². The van der Waals surface area contributed by atoms with Crippen molar-refractivity contribution in [2.24, 2.45) is 0 Å². The lowest BCUT2D eigenvalue weighted by molar-refractivity contribution is 0.397. The number of rotatable bonds is 3. The SMILES string of the molecule is COc1cnc2ncnc(Nc3ccccc3)c2n1. The molecule has 0 radical (unpaired) electrons. The second-order valence-corrected chi connectivity index (χ2v) is 3.80. The van der Waals surface area contributed by atoms with Crippen molar-refractivity contribution >= 4 is 22.7 Å². The highest BCUT2D eigenvalue weighted by molar-refractivity contribution is 5.84. The number of hydrogen-bond donors (Lipinski definition) is 1. The Morgan fingerprint density at radius 2 is 1.89 bits per heavy atom. The Kier molecular flexibility index (Phi) is 2.89. The van der Waals surface area contributed by atoms with Gasteiger partial charge in [0.15, 0.2) is 17.0 Å². The monoisotopic (exact) mass is 253 g/mol. The molecule has 6 nitrogen and oxygen atoms in total. The highest BCUT2D eigenvalue weighted by Crippen LogP contribution is 2.21. The zero-order chi connectivity index (χ0) is 13.1. The zero-order valence-corrected chi connectivity index (χ0v) is 10.2. The molecule has 0 unspecified atom stereocenters. The Hall–Kier alpha value is -2.76. The van der Waals surface area contributed by atoms with Gasteiger partial charge in [-0.25, -0.2) is 19.9 Å². The van der Waals surface area contributed by atoms with Gasteiger partial charge in [0.2, 0.25) is 5.88 Å². The van der Waals surface area contributed by atoms with Crippen molar-refractivity contribution in [1.29, 1.82) is 0 Å². The van der Waals surface area contributed by atoms with Crippen LogP contribution in [0.4, 0.5) is 11.5 Å². The van der Waals surface area contributed by atoms with E-state index in [9.17, 15) is 0 Å². The minimum atomic E-state index is 0.429. The summed E-state index contributed by atoms with van der Waals surface area (Å²) in [6, 6.07) is 9.73. The van der Waals surface area contributed by atoms with Crippen molar-refractivity contribution in [3.05, 3.63) is 42.9 Å². The summed E-state index contributed by atoms with van der Waals surface area (Å²) in [6.45, 7) is 0. The van der Waals surface area contributed by atoms with Crippen LogP contribution in [0.2, 0.25) is 0 Å². The lowest BCUT2D eigenvalue weighted by atomic mass is 10.3. The summed E-state index contributed by atoms with van der Waals surface area (Å²) in [5.41, 5.74) is 2.02. The van der Waals surface area contributed by atoms with Gasteiger partial charge in [-0.2, -0.15) is 0 Å². The second-order valence-electron chi connectivity index (χ2n) is 3.80. The molecule has 0 atom stereocenters. The average Bonchev–Trinajstić information content (AvgIpc) is 2.48. The molecule has 1 aromatic carbocycles. The molecule has 0 bridgehead atoms. The Balaban J connectivity index is 2.07. The van der Waals surface area contributed by atoms with Crippen molar-refractivity contribution in [3.63, 3.8) is 0 Å². The Morgan fingerprint density at radius 3 is 2.68 bits per heavy atom. The van der Waals surface area contributed by atoms with Crippen LogP contribution in [-0.2, 0) is 0 Å². The quantitative estimate of drug-likeness (QED) is 0.771. The number of benzene rings is 1. The molecule has 0 aliphatic heterocycles. The summed E-state index contributed by atoms with van der Waals surface area (Å²) in [5.74, 6) is 1.03. The smallest absolute Gasteiger partial charge is 0.232 e. The van der Waals surface area contributed by atoms with E-state index in [1.807, 2.05) is 30.3 Å². The third-order valence-corrected chi connectivity index (χ3v) is 2.57. The van der Waals surface area contributed by atoms with Gasteiger partial charge in [-0.1, -0.05) is 18.2 Å². The zero-order valence-electron chi connectivity index (χ0n) is 10.2. The number of ether oxygens (including phenoxy) is 1. The van der Waals surface area contributed by atoms with E-state index < -0.39 is 0 Å². The minimum Gasteiger partial charge on any atom is -0.480 e. The van der Waals surface area contributed by atoms with Crippen molar-refractivity contribution in [1.82, 2.24) is 19.9 Å². The number of fused-ring (bicyclic) bond motifs is 1. The molecule has 3 aromatic rings. The van der Waals surface area contributed by atoms with Crippen LogP contribution in [-0.4, -0.2) is 27.0 Å². The topological polar surface area (TPSA) is 72.8 Å². The molecule has 6 heteroatoms. The number of nitrogens with one attached hydrogen (secondary N) is 1. The molecule has 94 valence electrons. The Morgan fingerprint density at radius 1 is 1.05 bits per heavy atom. The molecule has 0 saturated heterocycles. The third kappa shape index (κ3) is 2.28. The second kappa shape index (κ2) is 4.85. The van der Waals surface area contributed by atoms with E-state index in [1.165, 1.54) is 12.5 Å². The van der Waals surface area contributed by atoms with Crippen molar-refractivity contribution < 1.29 is 4.74 Å². The summed E-state index contributed by atoms with van der Waals surface area (Å²) in [5, 5.41) is 3.19. The maximum absolute atomic E-state index is 5.07. The number of anilines is 2. The highest BCUT2D eigenvalue weighted by Gasteiger charge is 2.08. The van der Waals surface area contributed by atoms with Gasteiger partial charge in [0.25, 0.3) is 0 Å². The van der Waals surface area contributed by atoms with E-state index in [2.05, 4.69) is 25.3 Å². The molecule has 0 fully saturated rings. The summed E-state index contributed by atoms with van der Waals surface area (Å²) in [6.07, 6.45) is 2.98. The molecule has 2 heterocycles. The number of hydrogen-bond acceptors (Lipinski definition) is 6. The standard InChI is InChI=1S/C13H11N5O/c1-19-10-7-14-12-11(18-10)13(16-8-15-12)17-9-5-3-2-4-6-9/h2-8H,1H3,(H,14,15,16,17). The highest BCUT2D eigenvalue weighted by atomic mass is 16.5. The van der Waals surface area contributed by atoms with Crippen LogP contribution in [0.15, 0.2) is 42.9 Å². The largest absolute Gasteiger partial charge is 0.480 e. The normalized spacial score (nSPS) is 10.4. The summed E-state index contributed by atoms with van der Waals surface area (Å²) in [4.78, 5) is 16.8. The van der Waals surface area contributed by atoms with Gasteiger partial charge in [-0.3, -0.25) is 0 Å². The first-order chi connectivity index (χ1) is 9.36. The van der Waals surface area contributed by atoms with E-state index in [0.717, 1.165) is 5.69 Å². The average molecular weight is 253 g/mol. The summed E-state index contributed by atoms with van der Waals surface area (Å²) >= 11 is 0. The van der Waals surface area contributed by atoms with E-state index >= 15 is 0 Å². The summed E-state index contributed by atoms with van der Waals surface area (Å²) in [7, 11) is 1.55. The Labute approximate surface area is 109 Å². The molecule has 0 saturated carbocycles. The fraction of sp³-hybridized carbons (Fsp3) is 0.0769. The van der Waals surface area contributed by atoms with Crippen LogP contribution >= 0.6 is 0 Å². The maximum atomic E-state index is 5.07. The number of para-hydroxylation sites is 1. The molecule has 1 N–H and O–H groups in total. The molecule has 0 spiro atoms.